The quantitative estimate of drug-likeness (QED) is 0.266. The summed E-state index contributed by atoms with van der Waals surface area (Å²) >= 11 is 0. The number of aliphatic hydroxyl groups is 1. The first-order valence-electron chi connectivity index (χ1n) is 13.3. The number of amides is 2. The molecule has 4 N–H and O–H groups in total. The average molecular weight is 507 g/mol. The smallest absolute Gasteiger partial charge is 0.249 e. The van der Waals surface area contributed by atoms with Crippen molar-refractivity contribution in [1.29, 1.82) is 0 Å². The molecule has 0 radical (unpaired) electrons. The molecule has 2 heterocycles. The molecule has 1 saturated heterocycles. The molecule has 3 aliphatic rings. The summed E-state index contributed by atoms with van der Waals surface area (Å²) in [5.41, 5.74) is 5.51. The van der Waals surface area contributed by atoms with E-state index in [2.05, 4.69) is 33.9 Å². The number of carbonyl (C=O) groups excluding carboxylic acids is 2. The molecule has 1 aromatic carbocycles. The summed E-state index contributed by atoms with van der Waals surface area (Å²) in [5.74, 6) is 5.50. The number of carbonyl (C=O) groups is 2. The summed E-state index contributed by atoms with van der Waals surface area (Å²) in [6.07, 6.45) is 10.9. The van der Waals surface area contributed by atoms with Crippen LogP contribution in [-0.2, 0) is 9.59 Å². The van der Waals surface area contributed by atoms with Gasteiger partial charge in [0, 0.05) is 56.0 Å². The highest BCUT2D eigenvalue weighted by atomic mass is 16.3. The Morgan fingerprint density at radius 2 is 1.97 bits per heavy atom. The van der Waals surface area contributed by atoms with Crippen LogP contribution in [0.15, 0.2) is 51.8 Å². The van der Waals surface area contributed by atoms with E-state index in [0.29, 0.717) is 31.5 Å². The Labute approximate surface area is 218 Å². The molecule has 0 bridgehead atoms. The molecule has 1 atom stereocenters. The van der Waals surface area contributed by atoms with Gasteiger partial charge in [-0.1, -0.05) is 36.4 Å². The Balaban J connectivity index is 1.59. The third-order valence-electron chi connectivity index (χ3n) is 7.15. The number of nitrogens with one attached hydrogen (secondary N) is 1. The Kier molecular flexibility index (Phi) is 9.11. The van der Waals surface area contributed by atoms with E-state index in [0.717, 1.165) is 67.6 Å². The van der Waals surface area contributed by atoms with Crippen LogP contribution in [-0.4, -0.2) is 65.7 Å². The van der Waals surface area contributed by atoms with Crippen molar-refractivity contribution in [3.8, 4) is 0 Å². The summed E-state index contributed by atoms with van der Waals surface area (Å²) in [6.45, 7) is 4.93. The van der Waals surface area contributed by atoms with Crippen molar-refractivity contribution in [1.82, 2.24) is 9.80 Å². The molecule has 0 aromatic heterocycles. The number of allylic oxidation sites excluding steroid dienone is 3. The molecular formula is C28H38N6O3. The second kappa shape index (κ2) is 12.7. The monoisotopic (exact) mass is 506 g/mol. The van der Waals surface area contributed by atoms with Gasteiger partial charge in [0.1, 0.15) is 6.17 Å². The molecule has 0 spiro atoms. The van der Waals surface area contributed by atoms with Crippen molar-refractivity contribution in [3.63, 3.8) is 0 Å². The van der Waals surface area contributed by atoms with Crippen LogP contribution >= 0.6 is 0 Å². The van der Waals surface area contributed by atoms with Gasteiger partial charge in [0.15, 0.2) is 0 Å². The fourth-order valence-electron chi connectivity index (χ4n) is 5.22. The number of fused-ring (bicyclic) bond motifs is 1. The minimum Gasteiger partial charge on any atom is -0.396 e. The molecule has 9 nitrogen and oxygen atoms in total. The Hall–Kier alpha value is -3.46. The fraction of sp³-hybridized carbons (Fsp3) is 0.500. The van der Waals surface area contributed by atoms with Gasteiger partial charge in [0.25, 0.3) is 0 Å². The van der Waals surface area contributed by atoms with Crippen molar-refractivity contribution < 1.29 is 14.7 Å². The van der Waals surface area contributed by atoms with Crippen LogP contribution in [0.4, 0.5) is 5.69 Å². The number of nitrogens with two attached hydrogens (primary N) is 1. The second-order valence-electron chi connectivity index (χ2n) is 9.82. The van der Waals surface area contributed by atoms with Crippen LogP contribution in [0.25, 0.3) is 11.6 Å². The van der Waals surface area contributed by atoms with Crippen molar-refractivity contribution >= 4 is 29.2 Å². The normalized spacial score (nSPS) is 19.5. The highest BCUT2D eigenvalue weighted by molar-refractivity contribution is 5.99. The first-order chi connectivity index (χ1) is 18.0. The minimum absolute atomic E-state index is 0.0443. The molecule has 9 heteroatoms. The maximum absolute atomic E-state index is 13.4. The van der Waals surface area contributed by atoms with Gasteiger partial charge in [0.2, 0.25) is 11.8 Å². The van der Waals surface area contributed by atoms with Gasteiger partial charge < -0.3 is 26.1 Å². The molecular weight excluding hydrogens is 468 g/mol. The van der Waals surface area contributed by atoms with E-state index in [4.69, 9.17) is 5.84 Å². The SMILES string of the molecule is CCCN(CCCO)C(=O)C1=Cc2ccc(C3=CC=C(C(=O)N4CCCC4)CC3)cc2NC(N=NN)C1. The third kappa shape index (κ3) is 6.46. The van der Waals surface area contributed by atoms with Gasteiger partial charge >= 0.3 is 0 Å². The van der Waals surface area contributed by atoms with Crippen LogP contribution < -0.4 is 11.2 Å². The lowest BCUT2D eigenvalue weighted by molar-refractivity contribution is -0.127. The lowest BCUT2D eigenvalue weighted by Gasteiger charge is -2.23. The summed E-state index contributed by atoms with van der Waals surface area (Å²) in [7, 11) is 0. The number of nitrogens with zero attached hydrogens (tertiary/aromatic N) is 4. The molecule has 1 unspecified atom stereocenters. The number of hydrogen-bond acceptors (Lipinski definition) is 6. The first kappa shape index (κ1) is 26.6. The predicted molar refractivity (Wildman–Crippen MR) is 145 cm³/mol. The summed E-state index contributed by atoms with van der Waals surface area (Å²) in [5, 5.41) is 20.3. The topological polar surface area (TPSA) is 124 Å². The molecule has 1 aromatic rings. The standard InChI is InChI=1S/C28H38N6O3/c1-2-12-33(15-5-16-35)28(37)24-17-23-11-10-22(18-25(23)30-26(19-24)31-32-29)20-6-8-21(9-7-20)27(36)34-13-3-4-14-34/h6,8,10-11,17-18,26,30,35H,2-5,7,9,12-16,19H2,1H3,(H2,29,31). The zero-order valence-corrected chi connectivity index (χ0v) is 21.7. The maximum atomic E-state index is 13.4. The van der Waals surface area contributed by atoms with E-state index >= 15 is 0 Å². The van der Waals surface area contributed by atoms with Gasteiger partial charge in [-0.15, -0.1) is 5.11 Å². The zero-order valence-electron chi connectivity index (χ0n) is 21.7. The van der Waals surface area contributed by atoms with Gasteiger partial charge in [-0.3, -0.25) is 9.59 Å². The molecule has 37 heavy (non-hydrogen) atoms. The Morgan fingerprint density at radius 1 is 1.16 bits per heavy atom. The molecule has 1 fully saturated rings. The van der Waals surface area contributed by atoms with Crippen LogP contribution in [0.2, 0.25) is 0 Å². The van der Waals surface area contributed by atoms with Crippen molar-refractivity contribution in [2.75, 3.05) is 38.1 Å². The van der Waals surface area contributed by atoms with Crippen LogP contribution in [0.1, 0.15) is 63.0 Å². The second-order valence-corrected chi connectivity index (χ2v) is 9.82. The van der Waals surface area contributed by atoms with E-state index in [1.807, 2.05) is 30.0 Å². The van der Waals surface area contributed by atoms with E-state index in [1.54, 1.807) is 4.90 Å². The Bertz CT molecular complexity index is 1120. The number of benzene rings is 1. The fourth-order valence-corrected chi connectivity index (χ4v) is 5.22. The zero-order chi connectivity index (χ0) is 26.2. The molecule has 2 amide bonds. The molecule has 198 valence electrons. The highest BCUT2D eigenvalue weighted by Crippen LogP contribution is 2.34. The van der Waals surface area contributed by atoms with Crippen molar-refractivity contribution in [2.45, 2.75) is 58.0 Å². The van der Waals surface area contributed by atoms with Gasteiger partial charge in [0.05, 0.1) is 0 Å². The van der Waals surface area contributed by atoms with Gasteiger partial charge in [-0.2, -0.15) is 0 Å². The third-order valence-corrected chi connectivity index (χ3v) is 7.15. The van der Waals surface area contributed by atoms with E-state index in [1.165, 1.54) is 5.57 Å². The predicted octanol–water partition coefficient (Wildman–Crippen LogP) is 3.88. The van der Waals surface area contributed by atoms with Crippen LogP contribution in [0, 0.1) is 0 Å². The number of aliphatic hydroxyl groups excluding tert-OH is 1. The van der Waals surface area contributed by atoms with Crippen LogP contribution in [0.5, 0.6) is 0 Å². The minimum atomic E-state index is -0.470. The number of likely N-dealkylation sites (tertiary alicyclic amines) is 1. The van der Waals surface area contributed by atoms with Crippen molar-refractivity contribution in [2.24, 2.45) is 16.2 Å². The molecule has 4 rings (SSSR count). The van der Waals surface area contributed by atoms with E-state index in [-0.39, 0.29) is 18.4 Å². The lowest BCUT2D eigenvalue weighted by atomic mass is 9.91. The van der Waals surface area contributed by atoms with Gasteiger partial charge in [-0.05, 0) is 67.4 Å². The van der Waals surface area contributed by atoms with Crippen molar-refractivity contribution in [3.05, 3.63) is 52.6 Å². The van der Waals surface area contributed by atoms with Crippen LogP contribution in [0.3, 0.4) is 0 Å². The molecule has 1 aliphatic carbocycles. The number of rotatable bonds is 9. The molecule has 0 saturated carbocycles. The summed E-state index contributed by atoms with van der Waals surface area (Å²) < 4.78 is 0. The Morgan fingerprint density at radius 3 is 2.65 bits per heavy atom. The lowest BCUT2D eigenvalue weighted by Crippen LogP contribution is -2.35. The van der Waals surface area contributed by atoms with E-state index < -0.39 is 6.17 Å². The maximum Gasteiger partial charge on any atom is 0.249 e. The highest BCUT2D eigenvalue weighted by Gasteiger charge is 2.26. The average Bonchev–Trinajstić information content (AvgIpc) is 3.39. The van der Waals surface area contributed by atoms with Gasteiger partial charge in [-0.25, -0.2) is 0 Å². The number of anilines is 1. The largest absolute Gasteiger partial charge is 0.396 e. The first-order valence-corrected chi connectivity index (χ1v) is 13.3. The molecule has 2 aliphatic heterocycles. The van der Waals surface area contributed by atoms with E-state index in [9.17, 15) is 14.7 Å². The summed E-state index contributed by atoms with van der Waals surface area (Å²) in [6, 6.07) is 6.15. The number of hydrogen-bond donors (Lipinski definition) is 3. The summed E-state index contributed by atoms with van der Waals surface area (Å²) in [4.78, 5) is 29.9.